The van der Waals surface area contributed by atoms with Gasteiger partial charge in [0, 0.05) is 17.7 Å². The van der Waals surface area contributed by atoms with Gasteiger partial charge in [-0.15, -0.1) is 0 Å². The topological polar surface area (TPSA) is 139 Å². The van der Waals surface area contributed by atoms with Gasteiger partial charge in [0.15, 0.2) is 0 Å². The summed E-state index contributed by atoms with van der Waals surface area (Å²) in [6, 6.07) is 27.8. The van der Waals surface area contributed by atoms with E-state index in [-0.39, 0.29) is 11.5 Å². The van der Waals surface area contributed by atoms with Gasteiger partial charge in [0.1, 0.15) is 23.0 Å². The fraction of sp³-hybridized carbons (Fsp3) is 0.275. The lowest BCUT2D eigenvalue weighted by atomic mass is 10.1. The maximum atomic E-state index is 13.5. The maximum absolute atomic E-state index is 13.5. The molecule has 0 heterocycles. The summed E-state index contributed by atoms with van der Waals surface area (Å²) in [5, 5.41) is 6.63. The van der Waals surface area contributed by atoms with Crippen LogP contribution in [0.2, 0.25) is 0 Å². The second-order valence-electron chi connectivity index (χ2n) is 14.3. The SMILES string of the molecule is C=CC(=O)OCCCCCCOc1ccc(C(=O)Oc2ccc(OC(=O)c3ccc(OCCCCCCOC(=O)C=C)cc3)c(/C=N/N(C3=CCCC=C3)c3ccccc3)c2)cc1. The molecular weight excluding hydrogens is 801 g/mol. The fourth-order valence-corrected chi connectivity index (χ4v) is 6.17. The molecule has 0 unspecified atom stereocenters. The van der Waals surface area contributed by atoms with Gasteiger partial charge in [0.2, 0.25) is 0 Å². The summed E-state index contributed by atoms with van der Waals surface area (Å²) in [7, 11) is 0. The van der Waals surface area contributed by atoms with Gasteiger partial charge in [-0.1, -0.05) is 43.5 Å². The molecule has 12 nitrogen and oxygen atoms in total. The summed E-state index contributed by atoms with van der Waals surface area (Å²) >= 11 is 0. The van der Waals surface area contributed by atoms with Crippen LogP contribution in [-0.4, -0.2) is 56.5 Å². The molecule has 4 aromatic rings. The zero-order valence-corrected chi connectivity index (χ0v) is 35.5. The Kier molecular flexibility index (Phi) is 19.5. The molecule has 12 heteroatoms. The number of hydrogen-bond acceptors (Lipinski definition) is 12. The highest BCUT2D eigenvalue weighted by Gasteiger charge is 2.17. The summed E-state index contributed by atoms with van der Waals surface area (Å²) in [5.74, 6) is -0.326. The van der Waals surface area contributed by atoms with Gasteiger partial charge in [-0.05, 0) is 149 Å². The van der Waals surface area contributed by atoms with E-state index in [0.29, 0.717) is 54.6 Å². The van der Waals surface area contributed by atoms with Crippen LogP contribution in [0.25, 0.3) is 0 Å². The summed E-state index contributed by atoms with van der Waals surface area (Å²) in [6.45, 7) is 8.52. The zero-order valence-electron chi connectivity index (χ0n) is 35.5. The summed E-state index contributed by atoms with van der Waals surface area (Å²) < 4.78 is 33.4. The Morgan fingerprint density at radius 3 is 1.63 bits per heavy atom. The number of hydrazone groups is 1. The second-order valence-corrected chi connectivity index (χ2v) is 14.3. The minimum Gasteiger partial charge on any atom is -0.494 e. The number of carbonyl (C=O) groups is 4. The minimum atomic E-state index is -0.593. The number of ether oxygens (including phenoxy) is 6. The van der Waals surface area contributed by atoms with Crippen LogP contribution in [0.5, 0.6) is 23.0 Å². The molecule has 0 amide bonds. The highest BCUT2D eigenvalue weighted by atomic mass is 16.5. The van der Waals surface area contributed by atoms with E-state index in [1.54, 1.807) is 78.0 Å². The third-order valence-electron chi connectivity index (χ3n) is 9.54. The average molecular weight is 855 g/mol. The van der Waals surface area contributed by atoms with Crippen LogP contribution in [0.1, 0.15) is 90.5 Å². The van der Waals surface area contributed by atoms with Crippen LogP contribution < -0.4 is 24.0 Å². The van der Waals surface area contributed by atoms with E-state index < -0.39 is 23.9 Å². The average Bonchev–Trinajstić information content (AvgIpc) is 3.32. The van der Waals surface area contributed by atoms with Crippen molar-refractivity contribution in [2.45, 2.75) is 64.2 Å². The van der Waals surface area contributed by atoms with Crippen molar-refractivity contribution >= 4 is 35.8 Å². The molecular formula is C51H54N2O10. The molecule has 63 heavy (non-hydrogen) atoms. The molecule has 0 saturated heterocycles. The van der Waals surface area contributed by atoms with Gasteiger partial charge in [-0.2, -0.15) is 5.10 Å². The first-order valence-electron chi connectivity index (χ1n) is 21.2. The van der Waals surface area contributed by atoms with Crippen molar-refractivity contribution in [3.05, 3.63) is 163 Å². The van der Waals surface area contributed by atoms with E-state index in [1.807, 2.05) is 36.4 Å². The molecule has 1 aliphatic carbocycles. The molecule has 0 saturated carbocycles. The van der Waals surface area contributed by atoms with E-state index in [4.69, 9.17) is 33.5 Å². The number of para-hydroxylation sites is 1. The number of anilines is 1. The summed E-state index contributed by atoms with van der Waals surface area (Å²) in [6.07, 6.45) is 18.7. The van der Waals surface area contributed by atoms with Gasteiger partial charge in [-0.25, -0.2) is 24.2 Å². The highest BCUT2D eigenvalue weighted by molar-refractivity contribution is 5.94. The zero-order chi connectivity index (χ0) is 44.5. The summed E-state index contributed by atoms with van der Waals surface area (Å²) in [4.78, 5) is 49.1. The van der Waals surface area contributed by atoms with E-state index in [9.17, 15) is 19.2 Å². The van der Waals surface area contributed by atoms with Crippen molar-refractivity contribution in [3.8, 4) is 23.0 Å². The Labute approximate surface area is 369 Å². The number of carbonyl (C=O) groups excluding carboxylic acids is 4. The molecule has 328 valence electrons. The predicted octanol–water partition coefficient (Wildman–Crippen LogP) is 10.5. The molecule has 0 atom stereocenters. The van der Waals surface area contributed by atoms with Crippen molar-refractivity contribution in [1.82, 2.24) is 0 Å². The molecule has 0 aliphatic heterocycles. The van der Waals surface area contributed by atoms with Crippen LogP contribution in [0.3, 0.4) is 0 Å². The van der Waals surface area contributed by atoms with Crippen molar-refractivity contribution in [1.29, 1.82) is 0 Å². The third-order valence-corrected chi connectivity index (χ3v) is 9.54. The molecule has 0 N–H and O–H groups in total. The van der Waals surface area contributed by atoms with Crippen LogP contribution in [0.15, 0.2) is 151 Å². The van der Waals surface area contributed by atoms with E-state index in [0.717, 1.165) is 87.7 Å². The number of rotatable bonds is 26. The predicted molar refractivity (Wildman–Crippen MR) is 242 cm³/mol. The molecule has 0 aromatic heterocycles. The lowest BCUT2D eigenvalue weighted by Crippen LogP contribution is -2.16. The first kappa shape index (κ1) is 46.8. The van der Waals surface area contributed by atoms with Gasteiger partial charge >= 0.3 is 23.9 Å². The Balaban J connectivity index is 1.22. The second kappa shape index (κ2) is 26.2. The largest absolute Gasteiger partial charge is 0.494 e. The Hall–Kier alpha value is -7.21. The molecule has 5 rings (SSSR count). The lowest BCUT2D eigenvalue weighted by Gasteiger charge is -2.22. The first-order valence-corrected chi connectivity index (χ1v) is 21.2. The molecule has 0 fully saturated rings. The van der Waals surface area contributed by atoms with E-state index >= 15 is 0 Å². The molecule has 0 bridgehead atoms. The number of benzene rings is 4. The molecule has 4 aromatic carbocycles. The lowest BCUT2D eigenvalue weighted by molar-refractivity contribution is -0.138. The van der Waals surface area contributed by atoms with Gasteiger partial charge in [-0.3, -0.25) is 0 Å². The van der Waals surface area contributed by atoms with Gasteiger partial charge < -0.3 is 28.4 Å². The third kappa shape index (κ3) is 16.3. The maximum Gasteiger partial charge on any atom is 0.343 e. The van der Waals surface area contributed by atoms with Crippen molar-refractivity contribution < 1.29 is 47.6 Å². The normalized spacial score (nSPS) is 11.8. The first-order chi connectivity index (χ1) is 30.8. The molecule has 1 aliphatic rings. The van der Waals surface area contributed by atoms with Crippen LogP contribution in [0, 0.1) is 0 Å². The van der Waals surface area contributed by atoms with E-state index in [1.165, 1.54) is 0 Å². The van der Waals surface area contributed by atoms with Crippen molar-refractivity contribution in [3.63, 3.8) is 0 Å². The van der Waals surface area contributed by atoms with Crippen molar-refractivity contribution in [2.75, 3.05) is 31.4 Å². The summed E-state index contributed by atoms with van der Waals surface area (Å²) in [5.41, 5.74) is 2.75. The standard InChI is InChI=1S/C51H54N2O10/c1-3-48(54)60-35-17-7-5-15-33-58-44-27-23-39(24-28-44)50(56)62-46-31-32-47(41(37-46)38-52-53(42-19-11-9-12-20-42)43-21-13-10-14-22-43)63-51(57)40-25-29-45(30-26-40)59-34-16-6-8-18-36-61-49(55)4-2/h3-4,9,11-13,19-32,37-38H,1-2,5-8,10,14-18,33-36H2/b52-38+. The number of hydrogen-bond donors (Lipinski definition) is 0. The smallest absolute Gasteiger partial charge is 0.343 e. The Bertz CT molecular complexity index is 2210. The molecule has 0 spiro atoms. The van der Waals surface area contributed by atoms with Crippen LogP contribution >= 0.6 is 0 Å². The highest BCUT2D eigenvalue weighted by Crippen LogP contribution is 2.28. The van der Waals surface area contributed by atoms with Gasteiger partial charge in [0.05, 0.1) is 55.2 Å². The quantitative estimate of drug-likeness (QED) is 0.0149. The van der Waals surface area contributed by atoms with Crippen LogP contribution in [0.4, 0.5) is 5.69 Å². The number of allylic oxidation sites excluding steroid dienone is 3. The Morgan fingerprint density at radius 2 is 1.11 bits per heavy atom. The minimum absolute atomic E-state index is 0.210. The molecule has 0 radical (unpaired) electrons. The monoisotopic (exact) mass is 854 g/mol. The number of unbranched alkanes of at least 4 members (excludes halogenated alkanes) is 6. The fourth-order valence-electron chi connectivity index (χ4n) is 6.17. The Morgan fingerprint density at radius 1 is 0.587 bits per heavy atom. The van der Waals surface area contributed by atoms with Gasteiger partial charge in [0.25, 0.3) is 0 Å². The number of nitrogens with zero attached hydrogens (tertiary/aromatic N) is 2. The van der Waals surface area contributed by atoms with Crippen LogP contribution in [-0.2, 0) is 19.1 Å². The van der Waals surface area contributed by atoms with E-state index in [2.05, 4.69) is 25.3 Å². The van der Waals surface area contributed by atoms with Crippen molar-refractivity contribution in [2.24, 2.45) is 5.10 Å². The number of esters is 4.